The number of hydrogen-bond acceptors (Lipinski definition) is 7. The van der Waals surface area contributed by atoms with E-state index in [0.717, 1.165) is 49.9 Å². The quantitative estimate of drug-likeness (QED) is 0.216. The van der Waals surface area contributed by atoms with E-state index in [4.69, 9.17) is 14.6 Å². The maximum absolute atomic E-state index is 13.7. The van der Waals surface area contributed by atoms with Crippen molar-refractivity contribution in [2.75, 3.05) is 32.7 Å². The molecular formula is C32H34F3N3O6. The summed E-state index contributed by atoms with van der Waals surface area (Å²) in [4.78, 5) is 38.8. The number of quaternary nitrogens is 1. The Morgan fingerprint density at radius 3 is 1.98 bits per heavy atom. The standard InChI is InChI=1S/C30H33N3O4.C2HF3O2/c34-28(26-14-7-8-17-31-26)32-18-9-19-33-20-15-23(16-21-33)27(22-33)37-29(35)30(36,24-10-3-1-4-11-24)25-12-5-2-6-13-25;3-2(4,5)1(6)7/h1-8,10-14,17,23,27,36H,9,15-16,18-22H2;(H,6,7)/t23?,27-,33?;/m0./s1. The number of aromatic nitrogens is 1. The van der Waals surface area contributed by atoms with Gasteiger partial charge in [-0.1, -0.05) is 66.7 Å². The highest BCUT2D eigenvalue weighted by molar-refractivity contribution is 5.92. The van der Waals surface area contributed by atoms with Gasteiger partial charge in [0.05, 0.1) is 19.6 Å². The molecule has 2 bridgehead atoms. The lowest BCUT2D eigenvalue weighted by atomic mass is 9.82. The molecule has 1 atom stereocenters. The van der Waals surface area contributed by atoms with E-state index >= 15 is 0 Å². The number of carboxylic acid groups (broad SMARTS) is 1. The van der Waals surface area contributed by atoms with Crippen LogP contribution in [0.4, 0.5) is 13.2 Å². The molecule has 2 aromatic carbocycles. The van der Waals surface area contributed by atoms with Crippen LogP contribution in [0.15, 0.2) is 85.1 Å². The Hall–Kier alpha value is -4.29. The van der Waals surface area contributed by atoms with Crippen molar-refractivity contribution >= 4 is 17.8 Å². The summed E-state index contributed by atoms with van der Waals surface area (Å²) in [6.45, 7) is 4.32. The van der Waals surface area contributed by atoms with E-state index in [2.05, 4.69) is 10.3 Å². The molecule has 3 fully saturated rings. The van der Waals surface area contributed by atoms with Crippen molar-refractivity contribution in [2.45, 2.75) is 37.1 Å². The van der Waals surface area contributed by atoms with Gasteiger partial charge in [-0.2, -0.15) is 13.2 Å². The average Bonchev–Trinajstić information content (AvgIpc) is 3.04. The zero-order chi connectivity index (χ0) is 31.8. The second-order valence-corrected chi connectivity index (χ2v) is 11.0. The Kier molecular flexibility index (Phi) is 10.4. The highest BCUT2D eigenvalue weighted by Crippen LogP contribution is 2.38. The summed E-state index contributed by atoms with van der Waals surface area (Å²) in [5.74, 6) is -3.48. The minimum atomic E-state index is -5.19. The smallest absolute Gasteiger partial charge is 0.430 e. The van der Waals surface area contributed by atoms with Crippen molar-refractivity contribution in [2.24, 2.45) is 5.92 Å². The summed E-state index contributed by atoms with van der Waals surface area (Å²) in [7, 11) is 0. The molecule has 2 N–H and O–H groups in total. The number of amides is 1. The van der Waals surface area contributed by atoms with Gasteiger partial charge in [-0.3, -0.25) is 9.78 Å². The third kappa shape index (κ3) is 7.80. The van der Waals surface area contributed by atoms with Crippen LogP contribution in [-0.4, -0.2) is 77.4 Å². The summed E-state index contributed by atoms with van der Waals surface area (Å²) < 4.78 is 38.6. The fourth-order valence-corrected chi connectivity index (χ4v) is 5.86. The van der Waals surface area contributed by atoms with Crippen molar-refractivity contribution in [3.05, 3.63) is 102 Å². The van der Waals surface area contributed by atoms with Crippen LogP contribution in [0.1, 0.15) is 40.9 Å². The third-order valence-corrected chi connectivity index (χ3v) is 8.20. The molecule has 4 heterocycles. The molecule has 1 amide bonds. The van der Waals surface area contributed by atoms with Gasteiger partial charge in [0, 0.05) is 37.9 Å². The van der Waals surface area contributed by atoms with Crippen molar-refractivity contribution in [1.82, 2.24) is 10.3 Å². The zero-order valence-corrected chi connectivity index (χ0v) is 23.9. The number of nitrogens with one attached hydrogen (secondary N) is 1. The second-order valence-electron chi connectivity index (χ2n) is 11.0. The highest BCUT2D eigenvalue weighted by Gasteiger charge is 2.50. The molecule has 0 unspecified atom stereocenters. The number of aliphatic hydroxyl groups is 1. The first-order valence-corrected chi connectivity index (χ1v) is 14.3. The number of carbonyl (C=O) groups is 3. The number of esters is 1. The van der Waals surface area contributed by atoms with Crippen LogP contribution in [0.2, 0.25) is 0 Å². The minimum absolute atomic E-state index is 0.161. The Bertz CT molecular complexity index is 1360. The van der Waals surface area contributed by atoms with Crippen LogP contribution >= 0.6 is 0 Å². The molecule has 0 radical (unpaired) electrons. The van der Waals surface area contributed by atoms with Gasteiger partial charge in [0.15, 0.2) is 6.10 Å². The van der Waals surface area contributed by atoms with Crippen LogP contribution < -0.4 is 10.4 Å². The molecule has 0 spiro atoms. The van der Waals surface area contributed by atoms with Crippen LogP contribution in [0.25, 0.3) is 0 Å². The molecule has 0 aliphatic carbocycles. The third-order valence-electron chi connectivity index (χ3n) is 8.20. The van der Waals surface area contributed by atoms with Crippen molar-refractivity contribution in [1.29, 1.82) is 0 Å². The van der Waals surface area contributed by atoms with Crippen molar-refractivity contribution < 1.29 is 47.0 Å². The Labute approximate surface area is 252 Å². The molecule has 3 saturated heterocycles. The Morgan fingerprint density at radius 1 is 0.932 bits per heavy atom. The number of alkyl halides is 3. The lowest BCUT2D eigenvalue weighted by Crippen LogP contribution is -2.65. The SMILES string of the molecule is O=C(NCCC[N+]12CCC(CC1)[C@@H](OC(=O)C(O)(c1ccccc1)c1ccccc1)C2)c1ccccn1.O=C([O-])C(F)(F)F. The largest absolute Gasteiger partial charge is 0.542 e. The normalized spacial score (nSPS) is 21.0. The number of benzene rings is 2. The fraction of sp³-hybridized carbons (Fsp3) is 0.375. The number of piperidine rings is 3. The number of pyridine rings is 1. The van der Waals surface area contributed by atoms with Gasteiger partial charge in [-0.25, -0.2) is 4.79 Å². The van der Waals surface area contributed by atoms with E-state index < -0.39 is 23.7 Å². The minimum Gasteiger partial charge on any atom is -0.542 e. The van der Waals surface area contributed by atoms with Crippen molar-refractivity contribution in [3.63, 3.8) is 0 Å². The maximum atomic E-state index is 13.7. The number of halogens is 3. The summed E-state index contributed by atoms with van der Waals surface area (Å²) in [5, 5.41) is 23.5. The fourth-order valence-electron chi connectivity index (χ4n) is 5.86. The van der Waals surface area contributed by atoms with E-state index in [1.807, 2.05) is 36.4 Å². The Balaban J connectivity index is 0.000000566. The van der Waals surface area contributed by atoms with Gasteiger partial charge in [0.25, 0.3) is 5.91 Å². The van der Waals surface area contributed by atoms with Gasteiger partial charge in [-0.05, 0) is 23.3 Å². The Morgan fingerprint density at radius 2 is 1.48 bits per heavy atom. The molecule has 9 nitrogen and oxygen atoms in total. The first-order chi connectivity index (χ1) is 20.9. The number of carbonyl (C=O) groups excluding carboxylic acids is 3. The van der Waals surface area contributed by atoms with Crippen LogP contribution in [0.5, 0.6) is 0 Å². The number of aliphatic carboxylic acids is 1. The van der Waals surface area contributed by atoms with Gasteiger partial charge in [0.2, 0.25) is 5.60 Å². The summed E-state index contributed by atoms with van der Waals surface area (Å²) >= 11 is 0. The summed E-state index contributed by atoms with van der Waals surface area (Å²) in [6, 6.07) is 23.3. The highest BCUT2D eigenvalue weighted by atomic mass is 19.4. The lowest BCUT2D eigenvalue weighted by Gasteiger charge is -2.52. The van der Waals surface area contributed by atoms with Crippen LogP contribution in [0.3, 0.4) is 0 Å². The number of nitrogens with zero attached hydrogens (tertiary/aromatic N) is 2. The lowest BCUT2D eigenvalue weighted by molar-refractivity contribution is -0.946. The number of rotatable bonds is 9. The van der Waals surface area contributed by atoms with E-state index in [-0.39, 0.29) is 12.0 Å². The summed E-state index contributed by atoms with van der Waals surface area (Å²) in [6.07, 6.45) is -0.997. The molecule has 12 heteroatoms. The van der Waals surface area contributed by atoms with Gasteiger partial charge in [0.1, 0.15) is 18.2 Å². The van der Waals surface area contributed by atoms with Crippen LogP contribution in [-0.2, 0) is 19.9 Å². The van der Waals surface area contributed by atoms with Gasteiger partial charge in [-0.15, -0.1) is 0 Å². The predicted octanol–water partition coefficient (Wildman–Crippen LogP) is 2.59. The molecule has 44 heavy (non-hydrogen) atoms. The van der Waals surface area contributed by atoms with E-state index in [1.165, 1.54) is 0 Å². The zero-order valence-electron chi connectivity index (χ0n) is 23.9. The van der Waals surface area contributed by atoms with E-state index in [1.54, 1.807) is 48.7 Å². The number of fused-ring (bicyclic) bond motifs is 3. The number of carboxylic acids is 1. The number of ether oxygens (including phenoxy) is 1. The first kappa shape index (κ1) is 32.6. The molecular weight excluding hydrogens is 579 g/mol. The molecule has 0 saturated carbocycles. The molecule has 3 aliphatic rings. The number of hydrogen-bond donors (Lipinski definition) is 2. The van der Waals surface area contributed by atoms with Gasteiger partial charge < -0.3 is 29.5 Å². The first-order valence-electron chi connectivity index (χ1n) is 14.3. The predicted molar refractivity (Wildman–Crippen MR) is 150 cm³/mol. The van der Waals surface area contributed by atoms with Crippen LogP contribution in [0, 0.1) is 5.92 Å². The van der Waals surface area contributed by atoms with Gasteiger partial charge >= 0.3 is 12.1 Å². The average molecular weight is 614 g/mol. The maximum Gasteiger partial charge on any atom is 0.430 e. The topological polar surface area (TPSA) is 129 Å². The summed E-state index contributed by atoms with van der Waals surface area (Å²) in [5.41, 5.74) is -0.445. The van der Waals surface area contributed by atoms with E-state index in [0.29, 0.717) is 29.3 Å². The molecule has 234 valence electrons. The molecule has 3 aromatic rings. The monoisotopic (exact) mass is 613 g/mol. The van der Waals surface area contributed by atoms with Crippen molar-refractivity contribution in [3.8, 4) is 0 Å². The van der Waals surface area contributed by atoms with E-state index in [9.17, 15) is 27.9 Å². The second kappa shape index (κ2) is 14.0. The molecule has 3 aliphatic heterocycles. The molecule has 1 aromatic heterocycles. The molecule has 6 rings (SSSR count).